The summed E-state index contributed by atoms with van der Waals surface area (Å²) < 4.78 is 1.76. The van der Waals surface area contributed by atoms with E-state index < -0.39 is 0 Å². The molecule has 1 aromatic heterocycles. The quantitative estimate of drug-likeness (QED) is 0.862. The number of benzene rings is 1. The Hall–Kier alpha value is -1.32. The van der Waals surface area contributed by atoms with Crippen molar-refractivity contribution in [2.45, 2.75) is 6.54 Å². The Morgan fingerprint density at radius 2 is 2.33 bits per heavy atom. The Balaban J connectivity index is 2.35. The summed E-state index contributed by atoms with van der Waals surface area (Å²) >= 11 is 6.17. The van der Waals surface area contributed by atoms with E-state index in [4.69, 9.17) is 11.6 Å². The monoisotopic (exact) mass is 221 g/mol. The third-order valence-electron chi connectivity index (χ3n) is 2.14. The van der Waals surface area contributed by atoms with Crippen molar-refractivity contribution in [3.8, 4) is 5.69 Å². The standard InChI is InChI=1S/C11H12ClN3/c1-13-8-9-3-4-11(10(12)7-9)15-6-2-5-14-15/h2-7,13H,8H2,1H3. The summed E-state index contributed by atoms with van der Waals surface area (Å²) in [6.07, 6.45) is 3.61. The lowest BCUT2D eigenvalue weighted by Gasteiger charge is -2.06. The highest BCUT2D eigenvalue weighted by Crippen LogP contribution is 2.21. The summed E-state index contributed by atoms with van der Waals surface area (Å²) in [7, 11) is 1.91. The van der Waals surface area contributed by atoms with E-state index >= 15 is 0 Å². The van der Waals surface area contributed by atoms with Crippen LogP contribution in [0.1, 0.15) is 5.56 Å². The van der Waals surface area contributed by atoms with E-state index in [1.54, 1.807) is 10.9 Å². The maximum absolute atomic E-state index is 6.17. The minimum absolute atomic E-state index is 0.714. The van der Waals surface area contributed by atoms with Crippen LogP contribution >= 0.6 is 11.6 Å². The second-order valence-corrected chi connectivity index (χ2v) is 3.67. The number of hydrogen-bond donors (Lipinski definition) is 1. The van der Waals surface area contributed by atoms with Gasteiger partial charge in [0.1, 0.15) is 0 Å². The molecule has 2 rings (SSSR count). The van der Waals surface area contributed by atoms with Crippen molar-refractivity contribution in [3.63, 3.8) is 0 Å². The summed E-state index contributed by atoms with van der Waals surface area (Å²) in [6.45, 7) is 0.819. The van der Waals surface area contributed by atoms with Gasteiger partial charge in [0.15, 0.2) is 0 Å². The Labute approximate surface area is 93.7 Å². The molecule has 4 heteroatoms. The summed E-state index contributed by atoms with van der Waals surface area (Å²) in [5.74, 6) is 0. The van der Waals surface area contributed by atoms with Crippen LogP contribution in [0.2, 0.25) is 5.02 Å². The van der Waals surface area contributed by atoms with Gasteiger partial charge < -0.3 is 5.32 Å². The van der Waals surface area contributed by atoms with Crippen LogP contribution in [0.5, 0.6) is 0 Å². The van der Waals surface area contributed by atoms with Crippen molar-refractivity contribution in [1.82, 2.24) is 15.1 Å². The summed E-state index contributed by atoms with van der Waals surface area (Å²) in [6, 6.07) is 7.84. The highest BCUT2D eigenvalue weighted by atomic mass is 35.5. The summed E-state index contributed by atoms with van der Waals surface area (Å²) in [5, 5.41) is 7.94. The second kappa shape index (κ2) is 4.47. The van der Waals surface area contributed by atoms with Crippen LogP contribution in [-0.4, -0.2) is 16.8 Å². The van der Waals surface area contributed by atoms with Crippen molar-refractivity contribution in [2.24, 2.45) is 0 Å². The molecule has 0 unspecified atom stereocenters. The molecule has 1 heterocycles. The first kappa shape index (κ1) is 10.2. The zero-order chi connectivity index (χ0) is 10.7. The summed E-state index contributed by atoms with van der Waals surface area (Å²) in [4.78, 5) is 0. The fraction of sp³-hybridized carbons (Fsp3) is 0.182. The van der Waals surface area contributed by atoms with E-state index in [9.17, 15) is 0 Å². The van der Waals surface area contributed by atoms with E-state index in [0.29, 0.717) is 5.02 Å². The van der Waals surface area contributed by atoms with Gasteiger partial charge >= 0.3 is 0 Å². The first-order chi connectivity index (χ1) is 7.31. The van der Waals surface area contributed by atoms with Crippen LogP contribution in [0.3, 0.4) is 0 Å². The van der Waals surface area contributed by atoms with Gasteiger partial charge in [-0.25, -0.2) is 4.68 Å². The van der Waals surface area contributed by atoms with Crippen molar-refractivity contribution >= 4 is 11.6 Å². The van der Waals surface area contributed by atoms with E-state index in [0.717, 1.165) is 12.2 Å². The van der Waals surface area contributed by atoms with Gasteiger partial charge in [0.05, 0.1) is 10.7 Å². The van der Waals surface area contributed by atoms with Gasteiger partial charge in [0.25, 0.3) is 0 Å². The summed E-state index contributed by atoms with van der Waals surface area (Å²) in [5.41, 5.74) is 2.07. The van der Waals surface area contributed by atoms with Gasteiger partial charge in [-0.1, -0.05) is 17.7 Å². The van der Waals surface area contributed by atoms with Gasteiger partial charge in [-0.2, -0.15) is 5.10 Å². The maximum atomic E-state index is 6.17. The number of nitrogens with one attached hydrogen (secondary N) is 1. The molecule has 0 fully saturated rings. The molecule has 2 aromatic rings. The van der Waals surface area contributed by atoms with E-state index in [1.165, 1.54) is 5.56 Å². The predicted molar refractivity (Wildman–Crippen MR) is 61.3 cm³/mol. The molecule has 0 bridgehead atoms. The van der Waals surface area contributed by atoms with Crippen LogP contribution in [0.25, 0.3) is 5.69 Å². The second-order valence-electron chi connectivity index (χ2n) is 3.27. The van der Waals surface area contributed by atoms with Gasteiger partial charge in [-0.15, -0.1) is 0 Å². The van der Waals surface area contributed by atoms with Gasteiger partial charge in [0, 0.05) is 18.9 Å². The topological polar surface area (TPSA) is 29.9 Å². The van der Waals surface area contributed by atoms with Gasteiger partial charge in [-0.3, -0.25) is 0 Å². The SMILES string of the molecule is CNCc1ccc(-n2cccn2)c(Cl)c1. The zero-order valence-electron chi connectivity index (χ0n) is 8.44. The molecule has 0 radical (unpaired) electrons. The van der Waals surface area contributed by atoms with Crippen LogP contribution in [0, 0.1) is 0 Å². The molecule has 0 saturated carbocycles. The Bertz CT molecular complexity index is 437. The molecule has 78 valence electrons. The van der Waals surface area contributed by atoms with E-state index in [-0.39, 0.29) is 0 Å². The lowest BCUT2D eigenvalue weighted by atomic mass is 10.2. The molecule has 0 aliphatic carbocycles. The first-order valence-corrected chi connectivity index (χ1v) is 5.12. The third-order valence-corrected chi connectivity index (χ3v) is 2.45. The molecule has 15 heavy (non-hydrogen) atoms. The minimum atomic E-state index is 0.714. The highest BCUT2D eigenvalue weighted by Gasteiger charge is 2.03. The van der Waals surface area contributed by atoms with Crippen molar-refractivity contribution in [3.05, 3.63) is 47.2 Å². The lowest BCUT2D eigenvalue weighted by Crippen LogP contribution is -2.05. The molecule has 0 amide bonds. The van der Waals surface area contributed by atoms with Crippen molar-refractivity contribution in [1.29, 1.82) is 0 Å². The molecule has 0 aliphatic rings. The number of halogens is 1. The minimum Gasteiger partial charge on any atom is -0.316 e. The smallest absolute Gasteiger partial charge is 0.0831 e. The van der Waals surface area contributed by atoms with Crippen LogP contribution in [0.15, 0.2) is 36.7 Å². The van der Waals surface area contributed by atoms with E-state index in [1.807, 2.05) is 37.5 Å². The Morgan fingerprint density at radius 3 is 2.93 bits per heavy atom. The van der Waals surface area contributed by atoms with Crippen molar-refractivity contribution in [2.75, 3.05) is 7.05 Å². The Morgan fingerprint density at radius 1 is 1.47 bits per heavy atom. The molecule has 3 nitrogen and oxygen atoms in total. The number of aromatic nitrogens is 2. The van der Waals surface area contributed by atoms with Gasteiger partial charge in [0.2, 0.25) is 0 Å². The predicted octanol–water partition coefficient (Wildman–Crippen LogP) is 2.25. The fourth-order valence-electron chi connectivity index (χ4n) is 1.46. The lowest BCUT2D eigenvalue weighted by molar-refractivity contribution is 0.815. The molecular formula is C11H12ClN3. The number of rotatable bonds is 3. The van der Waals surface area contributed by atoms with Crippen LogP contribution in [0.4, 0.5) is 0 Å². The average molecular weight is 222 g/mol. The molecular weight excluding hydrogens is 210 g/mol. The number of hydrogen-bond acceptors (Lipinski definition) is 2. The average Bonchev–Trinajstić information content (AvgIpc) is 2.71. The first-order valence-electron chi connectivity index (χ1n) is 4.74. The largest absolute Gasteiger partial charge is 0.316 e. The maximum Gasteiger partial charge on any atom is 0.0831 e. The zero-order valence-corrected chi connectivity index (χ0v) is 9.20. The van der Waals surface area contributed by atoms with Crippen LogP contribution < -0.4 is 5.32 Å². The molecule has 0 spiro atoms. The highest BCUT2D eigenvalue weighted by molar-refractivity contribution is 6.32. The molecule has 0 saturated heterocycles. The van der Waals surface area contributed by atoms with Crippen molar-refractivity contribution < 1.29 is 0 Å². The number of nitrogens with zero attached hydrogens (tertiary/aromatic N) is 2. The molecule has 0 atom stereocenters. The van der Waals surface area contributed by atoms with E-state index in [2.05, 4.69) is 10.4 Å². The van der Waals surface area contributed by atoms with Crippen LogP contribution in [-0.2, 0) is 6.54 Å². The normalized spacial score (nSPS) is 10.5. The molecule has 1 aromatic carbocycles. The third kappa shape index (κ3) is 2.19. The molecule has 0 aliphatic heterocycles. The Kier molecular flexibility index (Phi) is 3.04. The van der Waals surface area contributed by atoms with Gasteiger partial charge in [-0.05, 0) is 30.8 Å². The fourth-order valence-corrected chi connectivity index (χ4v) is 1.75. The molecule has 1 N–H and O–H groups in total.